The van der Waals surface area contributed by atoms with Gasteiger partial charge in [-0.25, -0.2) is 26.9 Å². The summed E-state index contributed by atoms with van der Waals surface area (Å²) in [4.78, 5) is 16.1. The first kappa shape index (κ1) is 19.8. The third-order valence-electron chi connectivity index (χ3n) is 4.16. The highest BCUT2D eigenvalue weighted by Gasteiger charge is 2.29. The largest absolute Gasteiger partial charge is 0.436 e. The number of hydrogen-bond acceptors (Lipinski definition) is 3. The number of carbonyl (C=O) groups excluding carboxylic acids is 1. The molecule has 152 valence electrons. The predicted molar refractivity (Wildman–Crippen MR) is 98.6 cm³/mol. The van der Waals surface area contributed by atoms with Gasteiger partial charge >= 0.3 is 0 Å². The highest BCUT2D eigenvalue weighted by Crippen LogP contribution is 2.33. The number of anilines is 1. The van der Waals surface area contributed by atoms with E-state index in [4.69, 9.17) is 16.0 Å². The normalized spacial score (nSPS) is 11.1. The Balaban J connectivity index is 1.71. The number of hydrogen-bond donors (Lipinski definition) is 1. The molecule has 4 rings (SSSR count). The fourth-order valence-corrected chi connectivity index (χ4v) is 2.93. The van der Waals surface area contributed by atoms with Crippen molar-refractivity contribution >= 4 is 34.3 Å². The minimum absolute atomic E-state index is 0.00898. The number of aromatic nitrogens is 1. The Hall–Kier alpha value is -3.46. The number of nitrogens with one attached hydrogen (secondary N) is 1. The molecule has 0 unspecified atom stereocenters. The lowest BCUT2D eigenvalue weighted by Crippen LogP contribution is -2.11. The first-order valence-electron chi connectivity index (χ1n) is 8.25. The van der Waals surface area contributed by atoms with Crippen LogP contribution in [0.15, 0.2) is 46.9 Å². The van der Waals surface area contributed by atoms with Gasteiger partial charge in [-0.15, -0.1) is 0 Å². The molecule has 0 spiro atoms. The van der Waals surface area contributed by atoms with Crippen LogP contribution < -0.4 is 5.32 Å². The second-order valence-electron chi connectivity index (χ2n) is 6.11. The number of halogens is 6. The maximum absolute atomic E-state index is 14.0. The summed E-state index contributed by atoms with van der Waals surface area (Å²) in [6.07, 6.45) is 0. The minimum atomic E-state index is -2.28. The van der Waals surface area contributed by atoms with Crippen molar-refractivity contribution in [1.29, 1.82) is 0 Å². The Morgan fingerprint density at radius 2 is 1.57 bits per heavy atom. The van der Waals surface area contributed by atoms with Crippen LogP contribution >= 0.6 is 11.6 Å². The van der Waals surface area contributed by atoms with Gasteiger partial charge in [-0.2, -0.15) is 0 Å². The van der Waals surface area contributed by atoms with Gasteiger partial charge in [-0.3, -0.25) is 4.79 Å². The standard InChI is InChI=1S/C20H8ClF5N2O2/c21-9-3-1-2-8(6-9)19(29)27-10-4-5-12-11(7-10)28-20(30-12)13-14(22)16(24)18(26)17(25)15(13)23/h1-7H,(H,27,29). The molecule has 0 atom stereocenters. The van der Waals surface area contributed by atoms with E-state index in [9.17, 15) is 26.7 Å². The third kappa shape index (κ3) is 3.37. The summed E-state index contributed by atoms with van der Waals surface area (Å²) in [6, 6.07) is 10.2. The van der Waals surface area contributed by atoms with Crippen LogP contribution in [0.3, 0.4) is 0 Å². The van der Waals surface area contributed by atoms with E-state index in [1.165, 1.54) is 30.3 Å². The van der Waals surface area contributed by atoms with E-state index in [0.717, 1.165) is 0 Å². The van der Waals surface area contributed by atoms with Crippen molar-refractivity contribution < 1.29 is 31.2 Å². The highest BCUT2D eigenvalue weighted by molar-refractivity contribution is 6.31. The molecule has 0 aliphatic carbocycles. The lowest BCUT2D eigenvalue weighted by molar-refractivity contribution is 0.102. The molecule has 1 aromatic heterocycles. The predicted octanol–water partition coefficient (Wildman–Crippen LogP) is 6.10. The SMILES string of the molecule is O=C(Nc1ccc2oc(-c3c(F)c(F)c(F)c(F)c3F)nc2c1)c1cccc(Cl)c1. The summed E-state index contributed by atoms with van der Waals surface area (Å²) in [7, 11) is 0. The topological polar surface area (TPSA) is 55.1 Å². The zero-order chi connectivity index (χ0) is 21.6. The summed E-state index contributed by atoms with van der Waals surface area (Å²) in [5.41, 5.74) is -0.714. The van der Waals surface area contributed by atoms with E-state index >= 15 is 0 Å². The third-order valence-corrected chi connectivity index (χ3v) is 4.39. The smallest absolute Gasteiger partial charge is 0.255 e. The quantitative estimate of drug-likeness (QED) is 0.239. The summed E-state index contributed by atoms with van der Waals surface area (Å²) < 4.78 is 73.3. The Morgan fingerprint density at radius 3 is 2.23 bits per heavy atom. The Bertz CT molecular complexity index is 1290. The molecule has 0 saturated heterocycles. The number of oxazole rings is 1. The lowest BCUT2D eigenvalue weighted by atomic mass is 10.1. The van der Waals surface area contributed by atoms with E-state index in [2.05, 4.69) is 10.3 Å². The van der Waals surface area contributed by atoms with Crippen LogP contribution in [0.2, 0.25) is 5.02 Å². The fourth-order valence-electron chi connectivity index (χ4n) is 2.74. The van der Waals surface area contributed by atoms with Crippen LogP contribution in [0, 0.1) is 29.1 Å². The first-order valence-corrected chi connectivity index (χ1v) is 8.63. The van der Waals surface area contributed by atoms with Crippen LogP contribution in [0.1, 0.15) is 10.4 Å². The Morgan fingerprint density at radius 1 is 0.900 bits per heavy atom. The van der Waals surface area contributed by atoms with E-state index in [1.807, 2.05) is 0 Å². The summed E-state index contributed by atoms with van der Waals surface area (Å²) >= 11 is 5.85. The van der Waals surface area contributed by atoms with Crippen LogP contribution in [-0.4, -0.2) is 10.9 Å². The van der Waals surface area contributed by atoms with Gasteiger partial charge in [0.25, 0.3) is 5.91 Å². The van der Waals surface area contributed by atoms with Crippen molar-refractivity contribution in [2.75, 3.05) is 5.32 Å². The number of fused-ring (bicyclic) bond motifs is 1. The van der Waals surface area contributed by atoms with E-state index < -0.39 is 46.4 Å². The van der Waals surface area contributed by atoms with Crippen molar-refractivity contribution in [3.63, 3.8) is 0 Å². The summed E-state index contributed by atoms with van der Waals surface area (Å²) in [5.74, 6) is -11.9. The number of benzene rings is 3. The summed E-state index contributed by atoms with van der Waals surface area (Å²) in [5, 5.41) is 2.94. The second kappa shape index (κ2) is 7.42. The van der Waals surface area contributed by atoms with Gasteiger partial charge in [-0.05, 0) is 36.4 Å². The van der Waals surface area contributed by atoms with Gasteiger partial charge in [0, 0.05) is 16.3 Å². The molecule has 0 radical (unpaired) electrons. The highest BCUT2D eigenvalue weighted by atomic mass is 35.5. The molecule has 10 heteroatoms. The average Bonchev–Trinajstić information content (AvgIpc) is 3.13. The van der Waals surface area contributed by atoms with E-state index in [1.54, 1.807) is 12.1 Å². The molecule has 0 aliphatic heterocycles. The van der Waals surface area contributed by atoms with Gasteiger partial charge in [0.1, 0.15) is 11.1 Å². The molecular weight excluding hydrogens is 431 g/mol. The first-order chi connectivity index (χ1) is 14.3. The van der Waals surface area contributed by atoms with Crippen molar-refractivity contribution in [2.24, 2.45) is 0 Å². The van der Waals surface area contributed by atoms with Gasteiger partial charge < -0.3 is 9.73 Å². The average molecular weight is 439 g/mol. The summed E-state index contributed by atoms with van der Waals surface area (Å²) in [6.45, 7) is 0. The van der Waals surface area contributed by atoms with Gasteiger partial charge in [0.05, 0.1) is 0 Å². The number of amides is 1. The molecule has 4 nitrogen and oxygen atoms in total. The van der Waals surface area contributed by atoms with E-state index in [-0.39, 0.29) is 22.4 Å². The minimum Gasteiger partial charge on any atom is -0.436 e. The second-order valence-corrected chi connectivity index (χ2v) is 6.55. The van der Waals surface area contributed by atoms with Gasteiger partial charge in [0.2, 0.25) is 11.7 Å². The molecule has 0 saturated carbocycles. The fraction of sp³-hybridized carbons (Fsp3) is 0. The van der Waals surface area contributed by atoms with Gasteiger partial charge in [-0.1, -0.05) is 17.7 Å². The molecule has 30 heavy (non-hydrogen) atoms. The molecule has 0 bridgehead atoms. The molecule has 0 fully saturated rings. The maximum Gasteiger partial charge on any atom is 0.255 e. The molecule has 4 aromatic rings. The van der Waals surface area contributed by atoms with Crippen LogP contribution in [0.25, 0.3) is 22.6 Å². The maximum atomic E-state index is 14.0. The number of rotatable bonds is 3. The van der Waals surface area contributed by atoms with E-state index in [0.29, 0.717) is 5.02 Å². The number of carbonyl (C=O) groups is 1. The van der Waals surface area contributed by atoms with Gasteiger partial charge in [0.15, 0.2) is 28.9 Å². The van der Waals surface area contributed by atoms with Crippen LogP contribution in [-0.2, 0) is 0 Å². The zero-order valence-corrected chi connectivity index (χ0v) is 15.3. The van der Waals surface area contributed by atoms with Crippen LogP contribution in [0.4, 0.5) is 27.6 Å². The molecular formula is C20H8ClF5N2O2. The van der Waals surface area contributed by atoms with Crippen molar-refractivity contribution in [3.8, 4) is 11.5 Å². The molecule has 1 heterocycles. The molecule has 1 N–H and O–H groups in total. The molecule has 1 amide bonds. The molecule has 3 aromatic carbocycles. The zero-order valence-electron chi connectivity index (χ0n) is 14.6. The Kier molecular flexibility index (Phi) is 4.90. The van der Waals surface area contributed by atoms with Crippen molar-refractivity contribution in [2.45, 2.75) is 0 Å². The number of nitrogens with zero attached hydrogens (tertiary/aromatic N) is 1. The van der Waals surface area contributed by atoms with Crippen molar-refractivity contribution in [1.82, 2.24) is 4.98 Å². The van der Waals surface area contributed by atoms with Crippen molar-refractivity contribution in [3.05, 3.63) is 82.1 Å². The molecule has 0 aliphatic rings. The Labute approximate surface area is 169 Å². The monoisotopic (exact) mass is 438 g/mol. The lowest BCUT2D eigenvalue weighted by Gasteiger charge is -2.05. The van der Waals surface area contributed by atoms with Crippen LogP contribution in [0.5, 0.6) is 0 Å².